The SMILES string of the molecule is CCCNc1nc(NCCc2ncn(C)n2)c(Cl)cc1Cl. The lowest BCUT2D eigenvalue weighted by Gasteiger charge is -2.11. The van der Waals surface area contributed by atoms with Gasteiger partial charge in [0.15, 0.2) is 5.82 Å². The van der Waals surface area contributed by atoms with Crippen molar-refractivity contribution >= 4 is 34.8 Å². The highest BCUT2D eigenvalue weighted by molar-refractivity contribution is 6.37. The Morgan fingerprint density at radius 3 is 2.38 bits per heavy atom. The Balaban J connectivity index is 1.98. The zero-order chi connectivity index (χ0) is 15.2. The molecule has 0 bridgehead atoms. The number of hydrogen-bond acceptors (Lipinski definition) is 5. The van der Waals surface area contributed by atoms with E-state index in [2.05, 4.69) is 32.6 Å². The van der Waals surface area contributed by atoms with Gasteiger partial charge < -0.3 is 10.6 Å². The first kappa shape index (κ1) is 15.9. The Labute approximate surface area is 133 Å². The van der Waals surface area contributed by atoms with Gasteiger partial charge >= 0.3 is 0 Å². The molecule has 0 unspecified atom stereocenters. The molecular weight excluding hydrogens is 311 g/mol. The summed E-state index contributed by atoms with van der Waals surface area (Å²) in [5, 5.41) is 11.6. The van der Waals surface area contributed by atoms with E-state index in [0.717, 1.165) is 18.8 Å². The Hall–Kier alpha value is -1.53. The molecule has 0 atom stereocenters. The third-order valence-corrected chi connectivity index (χ3v) is 3.34. The van der Waals surface area contributed by atoms with Crippen LogP contribution >= 0.6 is 23.2 Å². The van der Waals surface area contributed by atoms with Crippen LogP contribution in [0.15, 0.2) is 12.4 Å². The van der Waals surface area contributed by atoms with E-state index < -0.39 is 0 Å². The molecule has 8 heteroatoms. The molecule has 0 aliphatic rings. The molecule has 21 heavy (non-hydrogen) atoms. The molecule has 0 aliphatic heterocycles. The topological polar surface area (TPSA) is 67.7 Å². The third kappa shape index (κ3) is 4.47. The molecule has 0 saturated heterocycles. The molecule has 2 aromatic heterocycles. The average Bonchev–Trinajstić information content (AvgIpc) is 2.85. The van der Waals surface area contributed by atoms with Gasteiger partial charge in [-0.2, -0.15) is 5.10 Å². The maximum atomic E-state index is 6.15. The highest BCUT2D eigenvalue weighted by atomic mass is 35.5. The second kappa shape index (κ2) is 7.47. The number of anilines is 2. The van der Waals surface area contributed by atoms with Crippen LogP contribution in [-0.2, 0) is 13.5 Å². The zero-order valence-electron chi connectivity index (χ0n) is 12.0. The van der Waals surface area contributed by atoms with Crippen molar-refractivity contribution in [3.05, 3.63) is 28.3 Å². The standard InChI is InChI=1S/C13H18Cl2N6/c1-3-5-16-12-9(14)7-10(15)13(19-12)17-6-4-11-18-8-21(2)20-11/h7-8H,3-6H2,1-2H3,(H2,16,17,19). The van der Waals surface area contributed by atoms with Crippen LogP contribution < -0.4 is 10.6 Å². The second-order valence-corrected chi connectivity index (χ2v) is 5.40. The molecule has 2 aromatic rings. The first-order chi connectivity index (χ1) is 10.1. The Bertz CT molecular complexity index is 598. The van der Waals surface area contributed by atoms with Crippen molar-refractivity contribution in [3.8, 4) is 0 Å². The van der Waals surface area contributed by atoms with Crippen molar-refractivity contribution in [1.29, 1.82) is 0 Å². The summed E-state index contributed by atoms with van der Waals surface area (Å²) in [6.45, 7) is 3.53. The molecular formula is C13H18Cl2N6. The van der Waals surface area contributed by atoms with Crippen molar-refractivity contribution in [3.63, 3.8) is 0 Å². The molecule has 0 spiro atoms. The van der Waals surface area contributed by atoms with Gasteiger partial charge in [-0.05, 0) is 12.5 Å². The Morgan fingerprint density at radius 2 is 1.81 bits per heavy atom. The summed E-state index contributed by atoms with van der Waals surface area (Å²) in [4.78, 5) is 8.58. The molecule has 0 fully saturated rings. The minimum Gasteiger partial charge on any atom is -0.369 e. The summed E-state index contributed by atoms with van der Waals surface area (Å²) < 4.78 is 1.68. The van der Waals surface area contributed by atoms with Gasteiger partial charge in [0.05, 0.1) is 10.0 Å². The Kier molecular flexibility index (Phi) is 5.64. The molecule has 2 rings (SSSR count). The second-order valence-electron chi connectivity index (χ2n) is 4.59. The summed E-state index contributed by atoms with van der Waals surface area (Å²) in [6, 6.07) is 1.69. The first-order valence-electron chi connectivity index (χ1n) is 6.78. The predicted molar refractivity (Wildman–Crippen MR) is 86.2 cm³/mol. The van der Waals surface area contributed by atoms with Crippen molar-refractivity contribution in [1.82, 2.24) is 19.7 Å². The van der Waals surface area contributed by atoms with Crippen molar-refractivity contribution < 1.29 is 0 Å². The molecule has 2 heterocycles. The number of nitrogens with one attached hydrogen (secondary N) is 2. The van der Waals surface area contributed by atoms with Crippen LogP contribution in [0.3, 0.4) is 0 Å². The molecule has 6 nitrogen and oxygen atoms in total. The molecule has 0 radical (unpaired) electrons. The van der Waals surface area contributed by atoms with Crippen LogP contribution in [-0.4, -0.2) is 32.8 Å². The molecule has 0 amide bonds. The van der Waals surface area contributed by atoms with E-state index in [0.29, 0.717) is 34.6 Å². The molecule has 0 aliphatic carbocycles. The number of rotatable bonds is 7. The average molecular weight is 329 g/mol. The van der Waals surface area contributed by atoms with Crippen molar-refractivity contribution in [2.24, 2.45) is 7.05 Å². The van der Waals surface area contributed by atoms with Crippen LogP contribution in [0.1, 0.15) is 19.2 Å². The zero-order valence-corrected chi connectivity index (χ0v) is 13.5. The summed E-state index contributed by atoms with van der Waals surface area (Å²) in [5.74, 6) is 2.02. The minimum atomic E-state index is 0.496. The summed E-state index contributed by atoms with van der Waals surface area (Å²) in [5.41, 5.74) is 0. The molecule has 0 saturated carbocycles. The lowest BCUT2D eigenvalue weighted by molar-refractivity contribution is 0.742. The van der Waals surface area contributed by atoms with E-state index in [9.17, 15) is 0 Å². The van der Waals surface area contributed by atoms with Gasteiger partial charge in [-0.3, -0.25) is 4.68 Å². The summed E-state index contributed by atoms with van der Waals surface area (Å²) in [6.07, 6.45) is 3.36. The smallest absolute Gasteiger partial charge is 0.152 e. The van der Waals surface area contributed by atoms with Crippen LogP contribution in [0, 0.1) is 0 Å². The highest BCUT2D eigenvalue weighted by Crippen LogP contribution is 2.29. The van der Waals surface area contributed by atoms with E-state index in [-0.39, 0.29) is 0 Å². The number of nitrogens with zero attached hydrogens (tertiary/aromatic N) is 4. The fraction of sp³-hybridized carbons (Fsp3) is 0.462. The van der Waals surface area contributed by atoms with Crippen LogP contribution in [0.2, 0.25) is 10.0 Å². The van der Waals surface area contributed by atoms with E-state index >= 15 is 0 Å². The van der Waals surface area contributed by atoms with E-state index in [1.807, 2.05) is 7.05 Å². The number of pyridine rings is 1. The van der Waals surface area contributed by atoms with Crippen molar-refractivity contribution in [2.45, 2.75) is 19.8 Å². The van der Waals surface area contributed by atoms with E-state index in [1.165, 1.54) is 0 Å². The van der Waals surface area contributed by atoms with Gasteiger partial charge in [-0.15, -0.1) is 0 Å². The van der Waals surface area contributed by atoms with Gasteiger partial charge in [0.2, 0.25) is 0 Å². The maximum Gasteiger partial charge on any atom is 0.152 e. The minimum absolute atomic E-state index is 0.496. The van der Waals surface area contributed by atoms with E-state index in [4.69, 9.17) is 23.2 Å². The molecule has 0 aromatic carbocycles. The summed E-state index contributed by atoms with van der Waals surface area (Å²) >= 11 is 12.3. The summed E-state index contributed by atoms with van der Waals surface area (Å²) in [7, 11) is 1.84. The lowest BCUT2D eigenvalue weighted by Crippen LogP contribution is -2.10. The molecule has 2 N–H and O–H groups in total. The van der Waals surface area contributed by atoms with Gasteiger partial charge in [-0.1, -0.05) is 30.1 Å². The number of halogens is 2. The first-order valence-corrected chi connectivity index (χ1v) is 7.54. The largest absolute Gasteiger partial charge is 0.369 e. The van der Waals surface area contributed by atoms with E-state index in [1.54, 1.807) is 17.1 Å². The fourth-order valence-corrected chi connectivity index (χ4v) is 2.24. The number of aryl methyl sites for hydroxylation is 1. The lowest BCUT2D eigenvalue weighted by atomic mass is 10.3. The Morgan fingerprint density at radius 1 is 1.14 bits per heavy atom. The number of hydrogen-bond donors (Lipinski definition) is 2. The quantitative estimate of drug-likeness (QED) is 0.817. The highest BCUT2D eigenvalue weighted by Gasteiger charge is 2.09. The van der Waals surface area contributed by atoms with Crippen molar-refractivity contribution in [2.75, 3.05) is 23.7 Å². The van der Waals surface area contributed by atoms with Crippen LogP contribution in [0.25, 0.3) is 0 Å². The van der Waals surface area contributed by atoms with Crippen LogP contribution in [0.5, 0.6) is 0 Å². The number of aromatic nitrogens is 4. The fourth-order valence-electron chi connectivity index (χ4n) is 1.75. The van der Waals surface area contributed by atoms with Gasteiger partial charge in [0.25, 0.3) is 0 Å². The van der Waals surface area contributed by atoms with Gasteiger partial charge in [0.1, 0.15) is 18.0 Å². The monoisotopic (exact) mass is 328 g/mol. The van der Waals surface area contributed by atoms with Gasteiger partial charge in [0, 0.05) is 26.6 Å². The maximum absolute atomic E-state index is 6.15. The molecule has 114 valence electrons. The van der Waals surface area contributed by atoms with Gasteiger partial charge in [-0.25, -0.2) is 9.97 Å². The predicted octanol–water partition coefficient (Wildman–Crippen LogP) is 2.99. The third-order valence-electron chi connectivity index (χ3n) is 2.76. The van der Waals surface area contributed by atoms with Crippen LogP contribution in [0.4, 0.5) is 11.6 Å². The normalized spacial score (nSPS) is 10.7.